The van der Waals surface area contributed by atoms with Crippen molar-refractivity contribution >= 4 is 0 Å². The zero-order valence-electron chi connectivity index (χ0n) is 16.9. The number of hydrogen-bond acceptors (Lipinski definition) is 6. The van der Waals surface area contributed by atoms with Gasteiger partial charge in [-0.25, -0.2) is 8.78 Å². The monoisotopic (exact) mass is 399 g/mol. The van der Waals surface area contributed by atoms with Gasteiger partial charge in [0.2, 0.25) is 0 Å². The molecule has 0 bridgehead atoms. The molecule has 0 aromatic heterocycles. The largest absolute Gasteiger partial charge is 0.377 e. The average molecular weight is 400 g/mol. The summed E-state index contributed by atoms with van der Waals surface area (Å²) >= 11 is 0. The molecular weight excluding hydrogens is 364 g/mol. The summed E-state index contributed by atoms with van der Waals surface area (Å²) in [6.45, 7) is 3.75. The Labute approximate surface area is 166 Å². The van der Waals surface area contributed by atoms with E-state index in [-0.39, 0.29) is 30.5 Å². The van der Waals surface area contributed by atoms with Crippen molar-refractivity contribution in [1.82, 2.24) is 26.6 Å². The molecule has 28 heavy (non-hydrogen) atoms. The molecule has 8 heteroatoms. The summed E-state index contributed by atoms with van der Waals surface area (Å²) in [5.74, 6) is -0.0382. The van der Waals surface area contributed by atoms with Gasteiger partial charge in [0.25, 0.3) is 0 Å². The lowest BCUT2D eigenvalue weighted by Crippen LogP contribution is -2.69. The van der Waals surface area contributed by atoms with Crippen molar-refractivity contribution in [1.29, 1.82) is 0 Å². The van der Waals surface area contributed by atoms with E-state index in [0.717, 1.165) is 24.8 Å². The maximum Gasteiger partial charge on any atom is 0.124 e. The van der Waals surface area contributed by atoms with Crippen molar-refractivity contribution in [2.24, 2.45) is 11.8 Å². The summed E-state index contributed by atoms with van der Waals surface area (Å²) < 4.78 is 36.0. The first-order valence-electron chi connectivity index (χ1n) is 10.8. The third kappa shape index (κ3) is 4.42. The zero-order chi connectivity index (χ0) is 19.7. The molecule has 3 aliphatic heterocycles. The van der Waals surface area contributed by atoms with Gasteiger partial charge < -0.3 is 15.4 Å². The number of fused-ring (bicyclic) bond motifs is 1. The molecule has 9 atom stereocenters. The van der Waals surface area contributed by atoms with E-state index >= 15 is 4.39 Å². The Morgan fingerprint density at radius 3 is 2.89 bits per heavy atom. The molecule has 3 fully saturated rings. The van der Waals surface area contributed by atoms with Gasteiger partial charge in [-0.2, -0.15) is 0 Å². The number of halogens is 2. The van der Waals surface area contributed by atoms with E-state index in [0.29, 0.717) is 38.1 Å². The maximum absolute atomic E-state index is 15.8. The molecule has 1 aliphatic carbocycles. The van der Waals surface area contributed by atoms with Crippen molar-refractivity contribution in [3.05, 3.63) is 11.6 Å². The third-order valence-corrected chi connectivity index (χ3v) is 6.80. The summed E-state index contributed by atoms with van der Waals surface area (Å²) in [6.07, 6.45) is 2.84. The molecule has 0 spiro atoms. The van der Waals surface area contributed by atoms with Crippen LogP contribution in [0.15, 0.2) is 11.6 Å². The number of ether oxygens (including phenoxy) is 1. The fourth-order valence-electron chi connectivity index (χ4n) is 5.43. The lowest BCUT2D eigenvalue weighted by atomic mass is 9.70. The smallest absolute Gasteiger partial charge is 0.124 e. The van der Waals surface area contributed by atoms with E-state index in [9.17, 15) is 4.39 Å². The second kappa shape index (κ2) is 9.02. The van der Waals surface area contributed by atoms with Gasteiger partial charge in [0.15, 0.2) is 0 Å². The van der Waals surface area contributed by atoms with Crippen molar-refractivity contribution in [3.8, 4) is 0 Å². The molecule has 4 aliphatic rings. The second-order valence-electron chi connectivity index (χ2n) is 8.85. The van der Waals surface area contributed by atoms with E-state index in [4.69, 9.17) is 4.74 Å². The van der Waals surface area contributed by atoms with Crippen molar-refractivity contribution in [2.75, 3.05) is 26.7 Å². The Morgan fingerprint density at radius 2 is 2.07 bits per heavy atom. The molecule has 4 rings (SSSR count). The number of rotatable bonds is 4. The predicted molar refractivity (Wildman–Crippen MR) is 105 cm³/mol. The fraction of sp³-hybridized carbons (Fsp3) is 0.900. The topological polar surface area (TPSA) is 69.4 Å². The van der Waals surface area contributed by atoms with E-state index in [2.05, 4.69) is 33.5 Å². The van der Waals surface area contributed by atoms with Gasteiger partial charge in [0.05, 0.1) is 12.3 Å². The molecule has 9 unspecified atom stereocenters. The molecule has 6 nitrogen and oxygen atoms in total. The van der Waals surface area contributed by atoms with Crippen LogP contribution in [0, 0.1) is 11.8 Å². The van der Waals surface area contributed by atoms with Crippen LogP contribution in [-0.2, 0) is 4.74 Å². The molecule has 0 aromatic carbocycles. The molecule has 3 heterocycles. The van der Waals surface area contributed by atoms with Crippen LogP contribution in [0.5, 0.6) is 0 Å². The van der Waals surface area contributed by atoms with Crippen LogP contribution in [0.1, 0.15) is 32.6 Å². The molecule has 0 radical (unpaired) electrons. The molecule has 5 N–H and O–H groups in total. The Balaban J connectivity index is 1.50. The second-order valence-corrected chi connectivity index (χ2v) is 8.85. The Morgan fingerprint density at radius 1 is 1.21 bits per heavy atom. The minimum absolute atomic E-state index is 0.124. The molecule has 2 saturated heterocycles. The lowest BCUT2D eigenvalue weighted by Gasteiger charge is -2.45. The first-order chi connectivity index (χ1) is 13.5. The van der Waals surface area contributed by atoms with Crippen LogP contribution < -0.4 is 26.6 Å². The van der Waals surface area contributed by atoms with Crippen LogP contribution in [0.2, 0.25) is 0 Å². The van der Waals surface area contributed by atoms with E-state index in [1.54, 1.807) is 0 Å². The van der Waals surface area contributed by atoms with Gasteiger partial charge in [-0.1, -0.05) is 11.6 Å². The Kier molecular flexibility index (Phi) is 6.64. The Hall–Kier alpha value is -0.640. The van der Waals surface area contributed by atoms with Gasteiger partial charge in [0, 0.05) is 44.1 Å². The molecule has 1 saturated carbocycles. The highest BCUT2D eigenvalue weighted by molar-refractivity contribution is 5.19. The predicted octanol–water partition coefficient (Wildman–Crippen LogP) is 0.766. The molecular formula is C20H35F2N5O. The summed E-state index contributed by atoms with van der Waals surface area (Å²) in [5, 5.41) is 16.7. The van der Waals surface area contributed by atoms with Crippen LogP contribution in [0.25, 0.3) is 0 Å². The number of nitrogens with one attached hydrogen (secondary N) is 5. The fourth-order valence-corrected chi connectivity index (χ4v) is 5.43. The first kappa shape index (κ1) is 20.6. The lowest BCUT2D eigenvalue weighted by molar-refractivity contribution is -0.0269. The SMILES string of the molecule is CNC1CC(C)NC(NC2CC3CCOC3C(C3=CCNCC(F)C3)C2F)N1. The summed E-state index contributed by atoms with van der Waals surface area (Å²) in [4.78, 5) is 0. The molecule has 160 valence electrons. The van der Waals surface area contributed by atoms with Crippen molar-refractivity contribution in [3.63, 3.8) is 0 Å². The van der Waals surface area contributed by atoms with Crippen LogP contribution in [-0.4, -0.2) is 69.7 Å². The van der Waals surface area contributed by atoms with Gasteiger partial charge >= 0.3 is 0 Å². The highest BCUT2D eigenvalue weighted by Gasteiger charge is 2.50. The summed E-state index contributed by atoms with van der Waals surface area (Å²) in [5.41, 5.74) is 0.888. The van der Waals surface area contributed by atoms with E-state index in [1.165, 1.54) is 0 Å². The van der Waals surface area contributed by atoms with Crippen LogP contribution in [0.3, 0.4) is 0 Å². The van der Waals surface area contributed by atoms with Crippen LogP contribution >= 0.6 is 0 Å². The average Bonchev–Trinajstić information content (AvgIpc) is 3.01. The molecule has 0 aromatic rings. The van der Waals surface area contributed by atoms with Gasteiger partial charge in [-0.3, -0.25) is 16.0 Å². The van der Waals surface area contributed by atoms with E-state index in [1.807, 2.05) is 13.1 Å². The number of hydrogen-bond donors (Lipinski definition) is 5. The van der Waals surface area contributed by atoms with Gasteiger partial charge in [-0.05, 0) is 39.2 Å². The minimum atomic E-state index is -1.09. The highest BCUT2D eigenvalue weighted by Crippen LogP contribution is 2.44. The highest BCUT2D eigenvalue weighted by atomic mass is 19.1. The zero-order valence-corrected chi connectivity index (χ0v) is 16.9. The van der Waals surface area contributed by atoms with Gasteiger partial charge in [-0.15, -0.1) is 0 Å². The maximum atomic E-state index is 15.8. The summed E-state index contributed by atoms with van der Waals surface area (Å²) in [6, 6.07) is 0.0510. The van der Waals surface area contributed by atoms with Crippen molar-refractivity contribution < 1.29 is 13.5 Å². The third-order valence-electron chi connectivity index (χ3n) is 6.80. The quantitative estimate of drug-likeness (QED) is 0.450. The summed E-state index contributed by atoms with van der Waals surface area (Å²) in [7, 11) is 1.93. The standard InChI is InChI=1S/C20H35F2N5O/c1-11-7-16(23-2)27-20(25-11)26-15-9-13-4-6-28-19(13)17(18(15)22)12-3-5-24-10-14(21)8-12/h3,11,13-20,23-27H,4-10H2,1-2H3. The minimum Gasteiger partial charge on any atom is -0.377 e. The van der Waals surface area contributed by atoms with Gasteiger partial charge in [0.1, 0.15) is 18.6 Å². The molecule has 0 amide bonds. The normalized spacial score (nSPS) is 47.3. The Bertz CT molecular complexity index is 565. The first-order valence-corrected chi connectivity index (χ1v) is 10.8. The van der Waals surface area contributed by atoms with Crippen molar-refractivity contribution in [2.45, 2.75) is 75.6 Å². The van der Waals surface area contributed by atoms with Crippen LogP contribution in [0.4, 0.5) is 8.78 Å². The van der Waals surface area contributed by atoms with E-state index < -0.39 is 12.3 Å². The number of alkyl halides is 2.